The minimum Gasteiger partial charge on any atom is -0.493 e. The van der Waals surface area contributed by atoms with Gasteiger partial charge in [-0.1, -0.05) is 22.8 Å². The van der Waals surface area contributed by atoms with Crippen LogP contribution < -0.4 is 14.8 Å². The van der Waals surface area contributed by atoms with Gasteiger partial charge in [-0.25, -0.2) is 0 Å². The quantitative estimate of drug-likeness (QED) is 0.555. The maximum absolute atomic E-state index is 11.8. The molecule has 0 bridgehead atoms. The minimum absolute atomic E-state index is 0.0461. The van der Waals surface area contributed by atoms with Crippen molar-refractivity contribution in [3.8, 4) is 11.5 Å². The number of hydrogen-bond acceptors (Lipinski definition) is 5. The molecule has 6 nitrogen and oxygen atoms in total. The summed E-state index contributed by atoms with van der Waals surface area (Å²) >= 11 is 5.86. The van der Waals surface area contributed by atoms with Gasteiger partial charge < -0.3 is 19.6 Å². The van der Waals surface area contributed by atoms with Crippen molar-refractivity contribution in [2.75, 3.05) is 19.0 Å². The highest BCUT2D eigenvalue weighted by Crippen LogP contribution is 2.28. The molecule has 1 N–H and O–H groups in total. The molecule has 1 amide bonds. The van der Waals surface area contributed by atoms with E-state index in [-0.39, 0.29) is 18.6 Å². The Labute approximate surface area is 157 Å². The first-order chi connectivity index (χ1) is 12.5. The lowest BCUT2D eigenvalue weighted by Crippen LogP contribution is -2.16. The van der Waals surface area contributed by atoms with Crippen LogP contribution in [0.5, 0.6) is 11.5 Å². The van der Waals surface area contributed by atoms with Gasteiger partial charge in [0, 0.05) is 16.3 Å². The summed E-state index contributed by atoms with van der Waals surface area (Å²) in [5.74, 6) is 0.922. The molecule has 26 heavy (non-hydrogen) atoms. The number of carbonyl (C=O) groups excluding carboxylic acids is 1. The maximum atomic E-state index is 11.8. The van der Waals surface area contributed by atoms with Crippen LogP contribution in [-0.2, 0) is 9.63 Å². The lowest BCUT2D eigenvalue weighted by molar-refractivity contribution is -0.120. The number of methoxy groups -OCH3 is 1. The van der Waals surface area contributed by atoms with Gasteiger partial charge in [0.05, 0.1) is 19.4 Å². The van der Waals surface area contributed by atoms with Crippen LogP contribution in [0.2, 0.25) is 5.02 Å². The SMILES string of the molecule is COc1cc(/C=N\OCC(=O)Nc2cccc(Cl)c2)ccc1OC(C)C. The zero-order valence-corrected chi connectivity index (χ0v) is 15.6. The Morgan fingerprint density at radius 3 is 2.73 bits per heavy atom. The third-order valence-electron chi connectivity index (χ3n) is 3.13. The number of anilines is 1. The summed E-state index contributed by atoms with van der Waals surface area (Å²) in [5.41, 5.74) is 1.36. The molecule has 0 aromatic heterocycles. The summed E-state index contributed by atoms with van der Waals surface area (Å²) in [5, 5.41) is 7.01. The molecule has 2 rings (SSSR count). The molecular formula is C19H21ClN2O4. The Hall–Kier alpha value is -2.73. The Morgan fingerprint density at radius 2 is 2.04 bits per heavy atom. The van der Waals surface area contributed by atoms with Crippen molar-refractivity contribution in [2.45, 2.75) is 20.0 Å². The fourth-order valence-corrected chi connectivity index (χ4v) is 2.26. The number of ether oxygens (including phenoxy) is 2. The molecular weight excluding hydrogens is 356 g/mol. The molecule has 0 aliphatic carbocycles. The van der Waals surface area contributed by atoms with Gasteiger partial charge in [0.15, 0.2) is 18.1 Å². The maximum Gasteiger partial charge on any atom is 0.265 e. The standard InChI is InChI=1S/C19H21ClN2O4/c1-13(2)26-17-8-7-14(9-18(17)24-3)11-21-25-12-19(23)22-16-6-4-5-15(20)10-16/h4-11,13H,12H2,1-3H3,(H,22,23)/b21-11-. The van der Waals surface area contributed by atoms with Crippen LogP contribution in [-0.4, -0.2) is 31.9 Å². The van der Waals surface area contributed by atoms with E-state index in [2.05, 4.69) is 10.5 Å². The summed E-state index contributed by atoms with van der Waals surface area (Å²) < 4.78 is 11.0. The Morgan fingerprint density at radius 1 is 1.23 bits per heavy atom. The molecule has 0 saturated heterocycles. The summed E-state index contributed by atoms with van der Waals surface area (Å²) in [4.78, 5) is 16.8. The number of nitrogens with one attached hydrogen (secondary N) is 1. The molecule has 0 heterocycles. The van der Waals surface area contributed by atoms with Gasteiger partial charge in [-0.15, -0.1) is 0 Å². The molecule has 2 aromatic carbocycles. The van der Waals surface area contributed by atoms with Crippen LogP contribution >= 0.6 is 11.6 Å². The molecule has 0 radical (unpaired) electrons. The first-order valence-electron chi connectivity index (χ1n) is 8.03. The van der Waals surface area contributed by atoms with E-state index < -0.39 is 0 Å². The number of rotatable bonds is 8. The van der Waals surface area contributed by atoms with E-state index in [1.54, 1.807) is 43.5 Å². The molecule has 0 unspecified atom stereocenters. The second kappa shape index (κ2) is 9.68. The molecule has 138 valence electrons. The van der Waals surface area contributed by atoms with Gasteiger partial charge in [-0.05, 0) is 50.2 Å². The predicted octanol–water partition coefficient (Wildman–Crippen LogP) is 4.13. The highest BCUT2D eigenvalue weighted by atomic mass is 35.5. The second-order valence-corrected chi connectivity index (χ2v) is 6.08. The highest BCUT2D eigenvalue weighted by Gasteiger charge is 2.07. The zero-order valence-electron chi connectivity index (χ0n) is 14.9. The van der Waals surface area contributed by atoms with E-state index in [0.29, 0.717) is 22.2 Å². The van der Waals surface area contributed by atoms with Crippen LogP contribution in [0.3, 0.4) is 0 Å². The van der Waals surface area contributed by atoms with E-state index in [1.807, 2.05) is 19.9 Å². The van der Waals surface area contributed by atoms with Gasteiger partial charge in [0.1, 0.15) is 0 Å². The molecule has 2 aromatic rings. The Kier molecular flexibility index (Phi) is 7.29. The number of nitrogens with zero attached hydrogens (tertiary/aromatic N) is 1. The number of halogens is 1. The van der Waals surface area contributed by atoms with Crippen molar-refractivity contribution in [1.29, 1.82) is 0 Å². The Bertz CT molecular complexity index is 778. The minimum atomic E-state index is -0.331. The zero-order chi connectivity index (χ0) is 18.9. The summed E-state index contributed by atoms with van der Waals surface area (Å²) in [6.45, 7) is 3.67. The highest BCUT2D eigenvalue weighted by molar-refractivity contribution is 6.30. The monoisotopic (exact) mass is 376 g/mol. The van der Waals surface area contributed by atoms with Crippen molar-refractivity contribution < 1.29 is 19.1 Å². The van der Waals surface area contributed by atoms with Gasteiger partial charge in [-0.3, -0.25) is 4.79 Å². The topological polar surface area (TPSA) is 69.2 Å². The van der Waals surface area contributed by atoms with Gasteiger partial charge >= 0.3 is 0 Å². The average molecular weight is 377 g/mol. The van der Waals surface area contributed by atoms with Crippen LogP contribution in [0, 0.1) is 0 Å². The van der Waals surface area contributed by atoms with Crippen molar-refractivity contribution in [3.63, 3.8) is 0 Å². The van der Waals surface area contributed by atoms with Crippen LogP contribution in [0.15, 0.2) is 47.6 Å². The van der Waals surface area contributed by atoms with E-state index >= 15 is 0 Å². The van der Waals surface area contributed by atoms with E-state index in [0.717, 1.165) is 5.56 Å². The van der Waals surface area contributed by atoms with Crippen molar-refractivity contribution in [2.24, 2.45) is 5.16 Å². The molecule has 0 aliphatic rings. The molecule has 0 saturated carbocycles. The number of benzene rings is 2. The van der Waals surface area contributed by atoms with E-state index in [4.69, 9.17) is 25.9 Å². The van der Waals surface area contributed by atoms with Crippen LogP contribution in [0.1, 0.15) is 19.4 Å². The van der Waals surface area contributed by atoms with Gasteiger partial charge in [-0.2, -0.15) is 0 Å². The van der Waals surface area contributed by atoms with Crippen LogP contribution in [0.25, 0.3) is 0 Å². The molecule has 0 aliphatic heterocycles. The van der Waals surface area contributed by atoms with Crippen molar-refractivity contribution in [3.05, 3.63) is 53.1 Å². The molecule has 0 spiro atoms. The van der Waals surface area contributed by atoms with Crippen LogP contribution in [0.4, 0.5) is 5.69 Å². The molecule has 0 atom stereocenters. The molecule has 0 fully saturated rings. The average Bonchev–Trinajstić information content (AvgIpc) is 2.59. The van der Waals surface area contributed by atoms with E-state index in [1.165, 1.54) is 6.21 Å². The third-order valence-corrected chi connectivity index (χ3v) is 3.37. The summed E-state index contributed by atoms with van der Waals surface area (Å²) in [7, 11) is 1.57. The fraction of sp³-hybridized carbons (Fsp3) is 0.263. The molecule has 7 heteroatoms. The Balaban J connectivity index is 1.87. The normalized spacial score (nSPS) is 10.8. The first kappa shape index (κ1) is 19.6. The number of hydrogen-bond donors (Lipinski definition) is 1. The second-order valence-electron chi connectivity index (χ2n) is 5.64. The number of carbonyl (C=O) groups is 1. The first-order valence-corrected chi connectivity index (χ1v) is 8.41. The smallest absolute Gasteiger partial charge is 0.265 e. The third kappa shape index (κ3) is 6.29. The van der Waals surface area contributed by atoms with Crippen molar-refractivity contribution >= 4 is 29.4 Å². The number of oxime groups is 1. The number of amides is 1. The summed E-state index contributed by atoms with van der Waals surface area (Å²) in [6.07, 6.45) is 1.54. The lowest BCUT2D eigenvalue weighted by atomic mass is 10.2. The largest absolute Gasteiger partial charge is 0.493 e. The van der Waals surface area contributed by atoms with Gasteiger partial charge in [0.2, 0.25) is 0 Å². The van der Waals surface area contributed by atoms with Crippen molar-refractivity contribution in [1.82, 2.24) is 0 Å². The fourth-order valence-electron chi connectivity index (χ4n) is 2.07. The van der Waals surface area contributed by atoms with Gasteiger partial charge in [0.25, 0.3) is 5.91 Å². The van der Waals surface area contributed by atoms with E-state index in [9.17, 15) is 4.79 Å². The lowest BCUT2D eigenvalue weighted by Gasteiger charge is -2.13. The predicted molar refractivity (Wildman–Crippen MR) is 102 cm³/mol. The summed E-state index contributed by atoms with van der Waals surface area (Å²) in [6, 6.07) is 12.2.